The minimum absolute atomic E-state index is 0.122. The van der Waals surface area contributed by atoms with Gasteiger partial charge in [-0.2, -0.15) is 0 Å². The van der Waals surface area contributed by atoms with E-state index in [-0.39, 0.29) is 13.2 Å². The number of nitrogens with zero attached hydrogens (tertiary/aromatic N) is 1. The fourth-order valence-electron chi connectivity index (χ4n) is 0.588. The monoisotopic (exact) mass is 198 g/mol. The zero-order valence-corrected chi connectivity index (χ0v) is 8.37. The fourth-order valence-corrected chi connectivity index (χ4v) is 0.588. The maximum absolute atomic E-state index is 10.8. The Hall–Kier alpha value is -1.65. The van der Waals surface area contributed by atoms with Gasteiger partial charge in [-0.15, -0.1) is 0 Å². The first-order valence-electron chi connectivity index (χ1n) is 4.17. The summed E-state index contributed by atoms with van der Waals surface area (Å²) in [6.07, 6.45) is 1.38. The van der Waals surface area contributed by atoms with E-state index in [0.717, 1.165) is 0 Å². The molecular weight excluding hydrogens is 184 g/mol. The summed E-state index contributed by atoms with van der Waals surface area (Å²) in [4.78, 5) is 25.0. The lowest BCUT2D eigenvalue weighted by molar-refractivity contribution is -0.138. The van der Waals surface area contributed by atoms with Crippen molar-refractivity contribution in [3.8, 4) is 0 Å². The average Bonchev–Trinajstić information content (AvgIpc) is 2.12. The van der Waals surface area contributed by atoms with Crippen molar-refractivity contribution < 1.29 is 14.3 Å². The third-order valence-electron chi connectivity index (χ3n) is 1.21. The van der Waals surface area contributed by atoms with E-state index in [0.29, 0.717) is 5.57 Å². The molecule has 0 spiro atoms. The summed E-state index contributed by atoms with van der Waals surface area (Å²) in [5.74, 6) is -0.460. The van der Waals surface area contributed by atoms with E-state index in [9.17, 15) is 9.59 Å². The van der Waals surface area contributed by atoms with Gasteiger partial charge in [-0.1, -0.05) is 6.58 Å². The van der Waals surface area contributed by atoms with Crippen molar-refractivity contribution in [3.05, 3.63) is 12.2 Å². The van der Waals surface area contributed by atoms with Crippen molar-refractivity contribution in [2.75, 3.05) is 13.2 Å². The molecule has 0 fully saturated rings. The molecule has 1 N–H and O–H groups in total. The number of carbonyl (C=O) groups excluding carboxylic acids is 2. The molecule has 0 aromatic carbocycles. The fraction of sp³-hybridized carbons (Fsp3) is 0.444. The lowest BCUT2D eigenvalue weighted by Crippen LogP contribution is -2.25. The first-order valence-corrected chi connectivity index (χ1v) is 4.17. The highest BCUT2D eigenvalue weighted by molar-refractivity contribution is 5.87. The van der Waals surface area contributed by atoms with Crippen LogP contribution in [0.25, 0.3) is 0 Å². The molecule has 5 heteroatoms. The Morgan fingerprint density at radius 2 is 2.21 bits per heavy atom. The van der Waals surface area contributed by atoms with E-state index >= 15 is 0 Å². The van der Waals surface area contributed by atoms with Crippen molar-refractivity contribution in [2.45, 2.75) is 13.8 Å². The van der Waals surface area contributed by atoms with Crippen molar-refractivity contribution in [1.82, 2.24) is 5.32 Å². The Bertz CT molecular complexity index is 259. The zero-order valence-electron chi connectivity index (χ0n) is 8.37. The maximum atomic E-state index is 10.8. The molecule has 0 bridgehead atoms. The molecule has 0 unspecified atom stereocenters. The quantitative estimate of drug-likeness (QED) is 0.316. The van der Waals surface area contributed by atoms with E-state index in [1.54, 1.807) is 13.8 Å². The van der Waals surface area contributed by atoms with Gasteiger partial charge in [0.15, 0.2) is 0 Å². The molecule has 0 saturated heterocycles. The number of hydrogen-bond donors (Lipinski definition) is 1. The van der Waals surface area contributed by atoms with Crippen LogP contribution in [0.1, 0.15) is 13.8 Å². The Balaban J connectivity index is 3.52. The summed E-state index contributed by atoms with van der Waals surface area (Å²) in [5, 5.41) is 2.43. The highest BCUT2D eigenvalue weighted by Gasteiger charge is 2.02. The summed E-state index contributed by atoms with van der Waals surface area (Å²) >= 11 is 0. The van der Waals surface area contributed by atoms with Crippen molar-refractivity contribution >= 4 is 18.2 Å². The molecule has 0 radical (unpaired) electrons. The largest absolute Gasteiger partial charge is 0.460 e. The van der Waals surface area contributed by atoms with Crippen LogP contribution in [-0.2, 0) is 9.53 Å². The lowest BCUT2D eigenvalue weighted by Gasteiger charge is -2.03. The van der Waals surface area contributed by atoms with Gasteiger partial charge in [0.2, 0.25) is 0 Å². The summed E-state index contributed by atoms with van der Waals surface area (Å²) < 4.78 is 4.73. The smallest absolute Gasteiger partial charge is 0.340 e. The van der Waals surface area contributed by atoms with Gasteiger partial charge in [0.25, 0.3) is 0 Å². The number of hydrogen-bond acceptors (Lipinski definition) is 3. The number of esters is 1. The maximum Gasteiger partial charge on any atom is 0.340 e. The van der Waals surface area contributed by atoms with Crippen LogP contribution in [0.5, 0.6) is 0 Å². The molecule has 0 aromatic rings. The van der Waals surface area contributed by atoms with Gasteiger partial charge < -0.3 is 10.1 Å². The number of aliphatic imine (C=N–C) groups is 1. The minimum atomic E-state index is -0.460. The SMILES string of the molecule is C=C(C)C(=O)OCCNC(=O)N=CC. The number of nitrogens with one attached hydrogen (secondary N) is 1. The second-order valence-electron chi connectivity index (χ2n) is 2.54. The van der Waals surface area contributed by atoms with E-state index in [1.165, 1.54) is 6.21 Å². The molecule has 14 heavy (non-hydrogen) atoms. The second-order valence-corrected chi connectivity index (χ2v) is 2.54. The summed E-state index contributed by atoms with van der Waals surface area (Å²) in [6, 6.07) is -0.445. The molecule has 0 aliphatic carbocycles. The molecule has 5 nitrogen and oxygen atoms in total. The molecule has 0 aliphatic rings. The van der Waals surface area contributed by atoms with Crippen molar-refractivity contribution in [2.24, 2.45) is 4.99 Å². The van der Waals surface area contributed by atoms with Crippen LogP contribution in [0.3, 0.4) is 0 Å². The molecule has 0 saturated carbocycles. The predicted molar refractivity (Wildman–Crippen MR) is 53.3 cm³/mol. The predicted octanol–water partition coefficient (Wildman–Crippen LogP) is 0.906. The minimum Gasteiger partial charge on any atom is -0.460 e. The summed E-state index contributed by atoms with van der Waals surface area (Å²) in [6.45, 7) is 6.98. The standard InChI is InChI=1S/C9H14N2O3/c1-4-10-9(13)11-5-6-14-8(12)7(2)3/h4H,2,5-6H2,1,3H3,(H,11,13). The molecule has 0 heterocycles. The van der Waals surface area contributed by atoms with Crippen LogP contribution in [-0.4, -0.2) is 31.4 Å². The van der Waals surface area contributed by atoms with Gasteiger partial charge in [-0.25, -0.2) is 14.6 Å². The van der Waals surface area contributed by atoms with Crippen LogP contribution in [0.4, 0.5) is 4.79 Å². The van der Waals surface area contributed by atoms with Crippen molar-refractivity contribution in [1.29, 1.82) is 0 Å². The molecule has 2 amide bonds. The van der Waals surface area contributed by atoms with Gasteiger partial charge >= 0.3 is 12.0 Å². The van der Waals surface area contributed by atoms with Crippen LogP contribution in [0, 0.1) is 0 Å². The Labute approximate surface area is 82.9 Å². The lowest BCUT2D eigenvalue weighted by atomic mass is 10.4. The number of ether oxygens (including phenoxy) is 1. The Morgan fingerprint density at radius 1 is 1.57 bits per heavy atom. The van der Waals surface area contributed by atoms with Gasteiger partial charge in [-0.3, -0.25) is 0 Å². The number of carbonyl (C=O) groups is 2. The van der Waals surface area contributed by atoms with E-state index in [2.05, 4.69) is 16.9 Å². The van der Waals surface area contributed by atoms with Crippen LogP contribution < -0.4 is 5.32 Å². The molecule has 0 aromatic heterocycles. The third kappa shape index (κ3) is 5.93. The van der Waals surface area contributed by atoms with Crippen LogP contribution in [0.15, 0.2) is 17.1 Å². The van der Waals surface area contributed by atoms with Gasteiger partial charge in [0, 0.05) is 11.8 Å². The molecule has 0 atom stereocenters. The summed E-state index contributed by atoms with van der Waals surface area (Å²) in [5.41, 5.74) is 0.336. The van der Waals surface area contributed by atoms with Gasteiger partial charge in [-0.05, 0) is 13.8 Å². The normalized spacial score (nSPS) is 9.86. The highest BCUT2D eigenvalue weighted by atomic mass is 16.5. The summed E-state index contributed by atoms with van der Waals surface area (Å²) in [7, 11) is 0. The van der Waals surface area contributed by atoms with Crippen molar-refractivity contribution in [3.63, 3.8) is 0 Å². The first-order chi connectivity index (χ1) is 6.57. The topological polar surface area (TPSA) is 67.8 Å². The molecule has 0 rings (SSSR count). The Morgan fingerprint density at radius 3 is 2.71 bits per heavy atom. The highest BCUT2D eigenvalue weighted by Crippen LogP contribution is 1.90. The third-order valence-corrected chi connectivity index (χ3v) is 1.21. The Kier molecular flexibility index (Phi) is 6.02. The van der Waals surface area contributed by atoms with Crippen LogP contribution in [0.2, 0.25) is 0 Å². The molecule has 78 valence electrons. The molecular formula is C9H14N2O3. The van der Waals surface area contributed by atoms with E-state index in [4.69, 9.17) is 4.74 Å². The zero-order chi connectivity index (χ0) is 11.0. The van der Waals surface area contributed by atoms with Gasteiger partial charge in [0.05, 0.1) is 6.54 Å². The first kappa shape index (κ1) is 12.3. The van der Waals surface area contributed by atoms with Gasteiger partial charge in [0.1, 0.15) is 6.61 Å². The average molecular weight is 198 g/mol. The van der Waals surface area contributed by atoms with E-state index < -0.39 is 12.0 Å². The molecule has 0 aliphatic heterocycles. The number of urea groups is 1. The number of rotatable bonds is 4. The van der Waals surface area contributed by atoms with E-state index in [1.807, 2.05) is 0 Å². The second kappa shape index (κ2) is 6.82. The number of amides is 2. The van der Waals surface area contributed by atoms with Crippen LogP contribution >= 0.6 is 0 Å².